The lowest BCUT2D eigenvalue weighted by atomic mass is 9.87. The van der Waals surface area contributed by atoms with Crippen molar-refractivity contribution >= 4 is 11.8 Å². The van der Waals surface area contributed by atoms with E-state index in [0.717, 1.165) is 17.7 Å². The second kappa shape index (κ2) is 12.4. The van der Waals surface area contributed by atoms with Crippen molar-refractivity contribution in [1.29, 1.82) is 0 Å². The Bertz CT molecular complexity index is 917. The van der Waals surface area contributed by atoms with Crippen LogP contribution >= 0.6 is 0 Å². The van der Waals surface area contributed by atoms with Gasteiger partial charge in [-0.3, -0.25) is 9.59 Å². The first-order valence-corrected chi connectivity index (χ1v) is 12.0. The fraction of sp³-hybridized carbons (Fsp3) is 0.500. The summed E-state index contributed by atoms with van der Waals surface area (Å²) in [6, 6.07) is 14.8. The molecule has 6 heteroatoms. The number of hydrogen-bond acceptors (Lipinski definition) is 4. The largest absolute Gasteiger partial charge is 0.497 e. The van der Waals surface area contributed by atoms with Crippen molar-refractivity contribution in [3.8, 4) is 11.5 Å². The molecule has 1 N–H and O–H groups in total. The molecule has 0 spiro atoms. The summed E-state index contributed by atoms with van der Waals surface area (Å²) in [7, 11) is 1.61. The van der Waals surface area contributed by atoms with Crippen LogP contribution in [0.1, 0.15) is 65.5 Å². The normalized spacial score (nSPS) is 13.0. The zero-order chi connectivity index (χ0) is 25.3. The molecule has 2 aromatic carbocycles. The van der Waals surface area contributed by atoms with Gasteiger partial charge in [0.2, 0.25) is 5.91 Å². The lowest BCUT2D eigenvalue weighted by Crippen LogP contribution is -2.51. The smallest absolute Gasteiger partial charge is 0.261 e. The fourth-order valence-electron chi connectivity index (χ4n) is 3.57. The maximum absolute atomic E-state index is 13.3. The summed E-state index contributed by atoms with van der Waals surface area (Å²) >= 11 is 0. The molecule has 0 unspecified atom stereocenters. The van der Waals surface area contributed by atoms with Gasteiger partial charge in [0.05, 0.1) is 7.11 Å². The van der Waals surface area contributed by atoms with Crippen molar-refractivity contribution in [3.63, 3.8) is 0 Å². The highest BCUT2D eigenvalue weighted by molar-refractivity contribution is 5.88. The Morgan fingerprint density at radius 1 is 0.941 bits per heavy atom. The lowest BCUT2D eigenvalue weighted by molar-refractivity contribution is -0.143. The number of ether oxygens (including phenoxy) is 2. The van der Waals surface area contributed by atoms with Crippen LogP contribution in [0.2, 0.25) is 0 Å². The predicted molar refractivity (Wildman–Crippen MR) is 136 cm³/mol. The lowest BCUT2D eigenvalue weighted by Gasteiger charge is -2.31. The summed E-state index contributed by atoms with van der Waals surface area (Å²) in [6.07, 6.45) is 1.33. The molecular weight excluding hydrogens is 428 g/mol. The number of amides is 2. The number of rotatable bonds is 11. The molecule has 6 nitrogen and oxygen atoms in total. The van der Waals surface area contributed by atoms with E-state index < -0.39 is 6.04 Å². The number of nitrogens with zero attached hydrogens (tertiary/aromatic N) is 1. The van der Waals surface area contributed by atoms with Gasteiger partial charge in [-0.25, -0.2) is 0 Å². The molecular formula is C28H40N2O4. The summed E-state index contributed by atoms with van der Waals surface area (Å²) in [4.78, 5) is 28.0. The van der Waals surface area contributed by atoms with Gasteiger partial charge in [0.15, 0.2) is 6.61 Å². The maximum atomic E-state index is 13.3. The van der Waals surface area contributed by atoms with Gasteiger partial charge >= 0.3 is 0 Å². The Morgan fingerprint density at radius 3 is 2.03 bits per heavy atom. The molecule has 0 aliphatic rings. The van der Waals surface area contributed by atoms with Crippen LogP contribution in [0.25, 0.3) is 0 Å². The van der Waals surface area contributed by atoms with Gasteiger partial charge in [0.1, 0.15) is 17.5 Å². The molecule has 0 saturated carbocycles. The first-order valence-electron chi connectivity index (χ1n) is 12.0. The van der Waals surface area contributed by atoms with Crippen molar-refractivity contribution < 1.29 is 19.1 Å². The van der Waals surface area contributed by atoms with Crippen LogP contribution in [-0.4, -0.2) is 42.5 Å². The quantitative estimate of drug-likeness (QED) is 0.499. The number of carbonyl (C=O) groups excluding carboxylic acids is 2. The van der Waals surface area contributed by atoms with E-state index >= 15 is 0 Å². The van der Waals surface area contributed by atoms with Crippen LogP contribution in [-0.2, 0) is 21.5 Å². The third-order valence-corrected chi connectivity index (χ3v) is 5.98. The number of methoxy groups -OCH3 is 1. The van der Waals surface area contributed by atoms with Gasteiger partial charge in [-0.15, -0.1) is 0 Å². The average molecular weight is 469 g/mol. The second-order valence-corrected chi connectivity index (χ2v) is 9.67. The molecule has 0 fully saturated rings. The Balaban J connectivity index is 2.20. The Hall–Kier alpha value is -3.02. The molecule has 0 aliphatic carbocycles. The molecule has 0 saturated heterocycles. The summed E-state index contributed by atoms with van der Waals surface area (Å²) in [5, 5.41) is 3.02. The number of nitrogens with one attached hydrogen (secondary N) is 1. The average Bonchev–Trinajstić information content (AvgIpc) is 2.82. The summed E-state index contributed by atoms with van der Waals surface area (Å²) in [5.74, 6) is 0.989. The van der Waals surface area contributed by atoms with Crippen LogP contribution < -0.4 is 14.8 Å². The number of benzene rings is 2. The van der Waals surface area contributed by atoms with Crippen LogP contribution in [0.4, 0.5) is 0 Å². The molecule has 0 radical (unpaired) electrons. The molecule has 2 aromatic rings. The van der Waals surface area contributed by atoms with Gasteiger partial charge in [-0.2, -0.15) is 0 Å². The monoisotopic (exact) mass is 468 g/mol. The Morgan fingerprint density at radius 2 is 1.53 bits per heavy atom. The van der Waals surface area contributed by atoms with E-state index in [9.17, 15) is 9.59 Å². The topological polar surface area (TPSA) is 67.9 Å². The van der Waals surface area contributed by atoms with E-state index in [1.807, 2.05) is 69.3 Å². The SMILES string of the molecule is CC[C@H](C(=O)N[C@@H](C)CC)N(Cc1ccc(OC)cc1)C(=O)COc1ccc(C(C)(C)C)cc1. The van der Waals surface area contributed by atoms with E-state index in [1.165, 1.54) is 5.56 Å². The van der Waals surface area contributed by atoms with Crippen molar-refractivity contribution in [3.05, 3.63) is 59.7 Å². The van der Waals surface area contributed by atoms with Crippen LogP contribution in [0, 0.1) is 0 Å². The highest BCUT2D eigenvalue weighted by atomic mass is 16.5. The zero-order valence-electron chi connectivity index (χ0n) is 21.7. The van der Waals surface area contributed by atoms with Crippen LogP contribution in [0.3, 0.4) is 0 Å². The standard InChI is InChI=1S/C28H40N2O4/c1-8-20(3)29-27(32)25(9-2)30(18-21-10-14-23(33-7)15-11-21)26(31)19-34-24-16-12-22(13-17-24)28(4,5)6/h10-17,20,25H,8-9,18-19H2,1-7H3,(H,29,32)/t20-,25+/m0/s1. The second-order valence-electron chi connectivity index (χ2n) is 9.67. The van der Waals surface area contributed by atoms with Gasteiger partial charge in [-0.05, 0) is 60.6 Å². The van der Waals surface area contributed by atoms with E-state index in [2.05, 4.69) is 26.1 Å². The van der Waals surface area contributed by atoms with E-state index in [4.69, 9.17) is 9.47 Å². The Kier molecular flexibility index (Phi) is 9.97. The number of hydrogen-bond donors (Lipinski definition) is 1. The minimum Gasteiger partial charge on any atom is -0.497 e. The predicted octanol–water partition coefficient (Wildman–Crippen LogP) is 5.09. The number of carbonyl (C=O) groups is 2. The van der Waals surface area contributed by atoms with Gasteiger partial charge in [0.25, 0.3) is 5.91 Å². The molecule has 2 atom stereocenters. The van der Waals surface area contributed by atoms with Crippen molar-refractivity contribution in [2.75, 3.05) is 13.7 Å². The molecule has 0 bridgehead atoms. The Labute approximate surface area is 204 Å². The molecule has 0 aliphatic heterocycles. The molecule has 2 rings (SSSR count). The minimum atomic E-state index is -0.588. The molecule has 2 amide bonds. The highest BCUT2D eigenvalue weighted by Gasteiger charge is 2.29. The third-order valence-electron chi connectivity index (χ3n) is 5.98. The van der Waals surface area contributed by atoms with Crippen molar-refractivity contribution in [2.45, 2.75) is 78.4 Å². The molecule has 0 aromatic heterocycles. The van der Waals surface area contributed by atoms with Gasteiger partial charge in [0, 0.05) is 12.6 Å². The molecule has 0 heterocycles. The van der Waals surface area contributed by atoms with E-state index in [-0.39, 0.29) is 29.9 Å². The fourth-order valence-corrected chi connectivity index (χ4v) is 3.57. The van der Waals surface area contributed by atoms with Crippen LogP contribution in [0.5, 0.6) is 11.5 Å². The highest BCUT2D eigenvalue weighted by Crippen LogP contribution is 2.24. The van der Waals surface area contributed by atoms with E-state index in [1.54, 1.807) is 12.0 Å². The molecule has 186 valence electrons. The van der Waals surface area contributed by atoms with Crippen molar-refractivity contribution in [2.24, 2.45) is 0 Å². The molecule has 34 heavy (non-hydrogen) atoms. The zero-order valence-corrected chi connectivity index (χ0v) is 21.7. The maximum Gasteiger partial charge on any atom is 0.261 e. The summed E-state index contributed by atoms with van der Waals surface area (Å²) in [5.41, 5.74) is 2.15. The van der Waals surface area contributed by atoms with E-state index in [0.29, 0.717) is 18.7 Å². The van der Waals surface area contributed by atoms with Crippen LogP contribution in [0.15, 0.2) is 48.5 Å². The minimum absolute atomic E-state index is 0.0390. The first kappa shape index (κ1) is 27.2. The third kappa shape index (κ3) is 7.79. The van der Waals surface area contributed by atoms with Crippen molar-refractivity contribution in [1.82, 2.24) is 10.2 Å². The first-order chi connectivity index (χ1) is 16.1. The summed E-state index contributed by atoms with van der Waals surface area (Å²) in [6.45, 7) is 12.5. The van der Waals surface area contributed by atoms with Gasteiger partial charge < -0.3 is 19.7 Å². The van der Waals surface area contributed by atoms with Gasteiger partial charge in [-0.1, -0.05) is 58.9 Å². The summed E-state index contributed by atoms with van der Waals surface area (Å²) < 4.78 is 11.1.